The van der Waals surface area contributed by atoms with E-state index in [0.29, 0.717) is 11.1 Å². The molecule has 5 nitrogen and oxygen atoms in total. The predicted molar refractivity (Wildman–Crippen MR) is 94.8 cm³/mol. The van der Waals surface area contributed by atoms with Crippen LogP contribution in [-0.4, -0.2) is 34.4 Å². The average Bonchev–Trinajstić information content (AvgIpc) is 2.54. The Kier molecular flexibility index (Phi) is 5.65. The fourth-order valence-corrected chi connectivity index (χ4v) is 4.39. The summed E-state index contributed by atoms with van der Waals surface area (Å²) in [5.74, 6) is -0.663. The molecule has 0 aromatic heterocycles. The second kappa shape index (κ2) is 7.23. The Labute approximate surface area is 148 Å². The van der Waals surface area contributed by atoms with Crippen LogP contribution in [0.15, 0.2) is 53.4 Å². The molecule has 1 unspecified atom stereocenters. The molecule has 0 saturated carbocycles. The third kappa shape index (κ3) is 4.87. The van der Waals surface area contributed by atoms with Crippen LogP contribution >= 0.6 is 0 Å². The lowest BCUT2D eigenvalue weighted by Gasteiger charge is -2.25. The summed E-state index contributed by atoms with van der Waals surface area (Å²) in [6.45, 7) is 1.72. The highest BCUT2D eigenvalue weighted by atomic mass is 32.2. The maximum absolute atomic E-state index is 12.9. The van der Waals surface area contributed by atoms with Gasteiger partial charge in [0.05, 0.1) is 10.6 Å². The van der Waals surface area contributed by atoms with Crippen molar-refractivity contribution in [1.29, 1.82) is 0 Å². The van der Waals surface area contributed by atoms with Crippen LogP contribution < -0.4 is 0 Å². The molecule has 0 N–H and O–H groups in total. The van der Waals surface area contributed by atoms with Gasteiger partial charge < -0.3 is 0 Å². The third-order valence-corrected chi connectivity index (χ3v) is 7.06. The molecule has 0 spiro atoms. The monoisotopic (exact) mass is 385 g/mol. The topological polar surface area (TPSA) is 71.5 Å². The van der Waals surface area contributed by atoms with Gasteiger partial charge in [-0.25, -0.2) is 21.2 Å². The first-order chi connectivity index (χ1) is 11.5. The summed E-state index contributed by atoms with van der Waals surface area (Å²) in [6, 6.07) is 11.0. The van der Waals surface area contributed by atoms with E-state index < -0.39 is 31.7 Å². The molecule has 0 aliphatic rings. The van der Waals surface area contributed by atoms with Gasteiger partial charge >= 0.3 is 0 Å². The Morgan fingerprint density at radius 3 is 1.96 bits per heavy atom. The Bertz CT molecular complexity index is 937. The average molecular weight is 385 g/mol. The molecule has 2 aromatic rings. The molecule has 0 radical (unpaired) electrons. The predicted octanol–water partition coefficient (Wildman–Crippen LogP) is 2.75. The lowest BCUT2D eigenvalue weighted by Crippen LogP contribution is -2.30. The molecule has 0 aliphatic carbocycles. The minimum Gasteiger partial charge on any atom is -0.224 e. The molecule has 1 atom stereocenters. The van der Waals surface area contributed by atoms with Crippen LogP contribution in [0.5, 0.6) is 0 Å². The number of halogens is 1. The molecule has 2 rings (SSSR count). The quantitative estimate of drug-likeness (QED) is 0.767. The van der Waals surface area contributed by atoms with Crippen LogP contribution in [0, 0.1) is 5.82 Å². The van der Waals surface area contributed by atoms with Crippen LogP contribution in [0.2, 0.25) is 0 Å². The second-order valence-corrected chi connectivity index (χ2v) is 9.96. The van der Waals surface area contributed by atoms with Crippen molar-refractivity contribution in [1.82, 2.24) is 4.31 Å². The summed E-state index contributed by atoms with van der Waals surface area (Å²) in [5, 5.41) is 0. The molecule has 0 fully saturated rings. The molecule has 0 saturated heterocycles. The first kappa shape index (κ1) is 19.6. The lowest BCUT2D eigenvalue weighted by molar-refractivity contribution is 0.397. The van der Waals surface area contributed by atoms with Crippen LogP contribution in [0.3, 0.4) is 0 Å². The second-order valence-electron chi connectivity index (χ2n) is 5.92. The first-order valence-corrected chi connectivity index (χ1v) is 11.0. The van der Waals surface area contributed by atoms with Gasteiger partial charge in [-0.3, -0.25) is 0 Å². The Hall–Kier alpha value is -1.77. The summed E-state index contributed by atoms with van der Waals surface area (Å²) >= 11 is 0. The smallest absolute Gasteiger partial charge is 0.218 e. The Morgan fingerprint density at radius 2 is 1.48 bits per heavy atom. The van der Waals surface area contributed by atoms with Gasteiger partial charge in [0.2, 0.25) is 10.0 Å². The molecule has 25 heavy (non-hydrogen) atoms. The van der Waals surface area contributed by atoms with Crippen molar-refractivity contribution in [2.24, 2.45) is 0 Å². The fourth-order valence-electron chi connectivity index (χ4n) is 2.34. The van der Waals surface area contributed by atoms with Gasteiger partial charge in [0, 0.05) is 19.3 Å². The van der Waals surface area contributed by atoms with Crippen molar-refractivity contribution < 1.29 is 21.2 Å². The summed E-state index contributed by atoms with van der Waals surface area (Å²) < 4.78 is 62.3. The minimum absolute atomic E-state index is 0.181. The summed E-state index contributed by atoms with van der Waals surface area (Å²) in [6.07, 6.45) is 1.12. The van der Waals surface area contributed by atoms with Crippen molar-refractivity contribution in [3.05, 3.63) is 65.5 Å². The van der Waals surface area contributed by atoms with Gasteiger partial charge in [-0.1, -0.05) is 24.3 Å². The van der Waals surface area contributed by atoms with E-state index in [2.05, 4.69) is 0 Å². The molecule has 0 aliphatic heterocycles. The van der Waals surface area contributed by atoms with Crippen LogP contribution in [-0.2, 0) is 25.6 Å². The highest BCUT2D eigenvalue weighted by Crippen LogP contribution is 2.24. The van der Waals surface area contributed by atoms with Gasteiger partial charge in [0.15, 0.2) is 9.84 Å². The van der Waals surface area contributed by atoms with Crippen molar-refractivity contribution in [3.63, 3.8) is 0 Å². The molecule has 136 valence electrons. The number of sulfone groups is 1. The molecule has 0 bridgehead atoms. The van der Waals surface area contributed by atoms with E-state index in [1.54, 1.807) is 19.1 Å². The van der Waals surface area contributed by atoms with Gasteiger partial charge in [0.1, 0.15) is 5.82 Å². The van der Waals surface area contributed by atoms with Crippen molar-refractivity contribution in [3.8, 4) is 0 Å². The highest BCUT2D eigenvalue weighted by Gasteiger charge is 2.25. The van der Waals surface area contributed by atoms with Crippen LogP contribution in [0.25, 0.3) is 0 Å². The normalized spacial score (nSPS) is 13.8. The molecule has 8 heteroatoms. The zero-order valence-electron chi connectivity index (χ0n) is 14.2. The molecule has 2 aromatic carbocycles. The SMILES string of the molecule is CC(c1ccc(S(C)(=O)=O)cc1)N(C)S(=O)(=O)Cc1ccc(F)cc1. The standard InChI is InChI=1S/C17H20FNO4S2/c1-13(15-6-10-17(11-7-15)24(3,20)21)19(2)25(22,23)12-14-4-8-16(18)9-5-14/h4-11,13H,12H2,1-3H3. The number of nitrogens with zero attached hydrogens (tertiary/aromatic N) is 1. The van der Waals surface area contributed by atoms with E-state index in [1.807, 2.05) is 0 Å². The zero-order chi connectivity index (χ0) is 18.8. The molecule has 0 heterocycles. The lowest BCUT2D eigenvalue weighted by atomic mass is 10.1. The van der Waals surface area contributed by atoms with E-state index in [1.165, 1.54) is 47.8 Å². The summed E-state index contributed by atoms with van der Waals surface area (Å²) in [7, 11) is -5.45. The number of benzene rings is 2. The number of rotatable bonds is 6. The van der Waals surface area contributed by atoms with Crippen LogP contribution in [0.1, 0.15) is 24.1 Å². The third-order valence-electron chi connectivity index (χ3n) is 4.04. The van der Waals surface area contributed by atoms with Crippen molar-refractivity contribution in [2.45, 2.75) is 23.6 Å². The number of hydrogen-bond acceptors (Lipinski definition) is 4. The molecule has 0 amide bonds. The maximum atomic E-state index is 12.9. The molecular weight excluding hydrogens is 365 g/mol. The van der Waals surface area contributed by atoms with E-state index in [-0.39, 0.29) is 10.6 Å². The summed E-state index contributed by atoms with van der Waals surface area (Å²) in [5.41, 5.74) is 1.17. The molecular formula is C17H20FNO4S2. The largest absolute Gasteiger partial charge is 0.224 e. The van der Waals surface area contributed by atoms with E-state index in [9.17, 15) is 21.2 Å². The van der Waals surface area contributed by atoms with E-state index >= 15 is 0 Å². The Morgan fingerprint density at radius 1 is 0.960 bits per heavy atom. The van der Waals surface area contributed by atoms with Gasteiger partial charge in [-0.2, -0.15) is 4.31 Å². The van der Waals surface area contributed by atoms with E-state index in [0.717, 1.165) is 6.26 Å². The zero-order valence-corrected chi connectivity index (χ0v) is 15.8. The fraction of sp³-hybridized carbons (Fsp3) is 0.294. The van der Waals surface area contributed by atoms with Crippen molar-refractivity contribution >= 4 is 19.9 Å². The van der Waals surface area contributed by atoms with E-state index in [4.69, 9.17) is 0 Å². The maximum Gasteiger partial charge on any atom is 0.218 e. The summed E-state index contributed by atoms with van der Waals surface area (Å²) in [4.78, 5) is 0.181. The number of hydrogen-bond donors (Lipinski definition) is 0. The minimum atomic E-state index is -3.62. The van der Waals surface area contributed by atoms with Crippen molar-refractivity contribution in [2.75, 3.05) is 13.3 Å². The Balaban J connectivity index is 2.20. The number of sulfonamides is 1. The highest BCUT2D eigenvalue weighted by molar-refractivity contribution is 7.90. The van der Waals surface area contributed by atoms with Gasteiger partial charge in [-0.05, 0) is 42.3 Å². The van der Waals surface area contributed by atoms with Crippen LogP contribution in [0.4, 0.5) is 4.39 Å². The van der Waals surface area contributed by atoms with Gasteiger partial charge in [0.25, 0.3) is 0 Å². The first-order valence-electron chi connectivity index (χ1n) is 7.51. The van der Waals surface area contributed by atoms with Gasteiger partial charge in [-0.15, -0.1) is 0 Å².